The van der Waals surface area contributed by atoms with E-state index in [1.54, 1.807) is 6.20 Å². The number of nitrogens with two attached hydrogens (primary N) is 1. The normalized spacial score (nSPS) is 16.7. The highest BCUT2D eigenvalue weighted by atomic mass is 16.2. The van der Waals surface area contributed by atoms with E-state index >= 15 is 0 Å². The number of pyridine rings is 1. The average Bonchev–Trinajstić information content (AvgIpc) is 3.32. The number of anilines is 2. The monoisotopic (exact) mass is 394 g/mol. The lowest BCUT2D eigenvalue weighted by Crippen LogP contribution is -2.42. The summed E-state index contributed by atoms with van der Waals surface area (Å²) < 4.78 is 0. The van der Waals surface area contributed by atoms with Crippen molar-refractivity contribution in [3.63, 3.8) is 0 Å². The maximum atomic E-state index is 12.1. The number of carbonyl (C=O) groups excluding carboxylic acids is 1. The smallest absolute Gasteiger partial charge is 0.234 e. The number of amides is 1. The van der Waals surface area contributed by atoms with Gasteiger partial charge in [0.2, 0.25) is 11.9 Å². The fourth-order valence-corrected chi connectivity index (χ4v) is 3.94. The first kappa shape index (κ1) is 19.1. The van der Waals surface area contributed by atoms with Crippen LogP contribution in [0.5, 0.6) is 0 Å². The molecule has 3 aromatic rings. The molecule has 1 atom stereocenters. The number of H-pyrrole nitrogens is 1. The molecule has 1 unspecified atom stereocenters. The minimum Gasteiger partial charge on any atom is -0.368 e. The van der Waals surface area contributed by atoms with E-state index in [2.05, 4.69) is 30.2 Å². The molecule has 0 saturated carbocycles. The zero-order valence-electron chi connectivity index (χ0n) is 16.7. The molecule has 152 valence electrons. The van der Waals surface area contributed by atoms with Crippen molar-refractivity contribution in [1.29, 1.82) is 0 Å². The Hall–Kier alpha value is -3.20. The number of nitrogens with zero attached hydrogens (tertiary/aromatic N) is 5. The van der Waals surface area contributed by atoms with Crippen molar-refractivity contribution in [2.45, 2.75) is 18.9 Å². The van der Waals surface area contributed by atoms with Gasteiger partial charge in [0.05, 0.1) is 23.3 Å². The topological polar surface area (TPSA) is 116 Å². The van der Waals surface area contributed by atoms with Gasteiger partial charge in [-0.05, 0) is 39.1 Å². The third kappa shape index (κ3) is 4.00. The van der Waals surface area contributed by atoms with Crippen molar-refractivity contribution in [3.8, 4) is 11.3 Å². The largest absolute Gasteiger partial charge is 0.368 e. The highest BCUT2D eigenvalue weighted by molar-refractivity contribution is 6.02. The Balaban J connectivity index is 1.64. The van der Waals surface area contributed by atoms with Gasteiger partial charge >= 0.3 is 0 Å². The fraction of sp³-hybridized carbons (Fsp3) is 0.400. The summed E-state index contributed by atoms with van der Waals surface area (Å²) in [6, 6.07) is 4.12. The standard InChI is InChI=1S/C20H26N8O/c1-27(2)12-17(29)24-10-13-4-3-9-28(13)16-6-8-22-19-18(16)14(11-25-19)15-5-7-23-20(21)26-15/h5-8,11,13H,3-4,9-10,12H2,1-2H3,(H,22,25)(H,24,29)(H2,21,23,26). The van der Waals surface area contributed by atoms with Crippen molar-refractivity contribution in [3.05, 3.63) is 30.7 Å². The molecular formula is C20H26N8O. The van der Waals surface area contributed by atoms with Crippen LogP contribution >= 0.6 is 0 Å². The van der Waals surface area contributed by atoms with Crippen LogP contribution in [0.4, 0.5) is 11.6 Å². The second-order valence-corrected chi connectivity index (χ2v) is 7.59. The van der Waals surface area contributed by atoms with Crippen molar-refractivity contribution >= 4 is 28.6 Å². The number of nitrogens with one attached hydrogen (secondary N) is 2. The number of aromatic nitrogens is 4. The van der Waals surface area contributed by atoms with E-state index in [0.717, 1.165) is 47.4 Å². The molecule has 4 rings (SSSR count). The van der Waals surface area contributed by atoms with Crippen LogP contribution in [0.3, 0.4) is 0 Å². The van der Waals surface area contributed by atoms with Crippen LogP contribution < -0.4 is 16.0 Å². The highest BCUT2D eigenvalue weighted by Crippen LogP contribution is 2.37. The third-order valence-electron chi connectivity index (χ3n) is 5.18. The van der Waals surface area contributed by atoms with Gasteiger partial charge in [-0.25, -0.2) is 15.0 Å². The van der Waals surface area contributed by atoms with Gasteiger partial charge in [-0.1, -0.05) is 0 Å². The quantitative estimate of drug-likeness (QED) is 0.576. The van der Waals surface area contributed by atoms with Crippen molar-refractivity contribution in [2.75, 3.05) is 44.4 Å². The molecule has 0 aromatic carbocycles. The molecule has 4 heterocycles. The summed E-state index contributed by atoms with van der Waals surface area (Å²) in [7, 11) is 3.78. The highest BCUT2D eigenvalue weighted by Gasteiger charge is 2.28. The molecule has 9 nitrogen and oxygen atoms in total. The lowest BCUT2D eigenvalue weighted by molar-refractivity contribution is -0.121. The van der Waals surface area contributed by atoms with Crippen LogP contribution in [-0.4, -0.2) is 70.5 Å². The minimum absolute atomic E-state index is 0.0421. The van der Waals surface area contributed by atoms with E-state index in [1.165, 1.54) is 0 Å². The van der Waals surface area contributed by atoms with E-state index in [1.807, 2.05) is 43.5 Å². The number of nitrogen functional groups attached to an aromatic ring is 1. The molecule has 1 aliphatic heterocycles. The Morgan fingerprint density at radius 3 is 2.97 bits per heavy atom. The molecule has 0 aliphatic carbocycles. The maximum absolute atomic E-state index is 12.1. The Morgan fingerprint density at radius 2 is 2.17 bits per heavy atom. The van der Waals surface area contributed by atoms with Crippen molar-refractivity contribution in [2.24, 2.45) is 0 Å². The minimum atomic E-state index is 0.0421. The van der Waals surface area contributed by atoms with Gasteiger partial charge < -0.3 is 25.8 Å². The average molecular weight is 394 g/mol. The Labute approximate surface area is 169 Å². The lowest BCUT2D eigenvalue weighted by atomic mass is 10.1. The van der Waals surface area contributed by atoms with Gasteiger partial charge in [0.1, 0.15) is 5.65 Å². The van der Waals surface area contributed by atoms with Crippen LogP contribution in [0.15, 0.2) is 30.7 Å². The van der Waals surface area contributed by atoms with Crippen molar-refractivity contribution < 1.29 is 4.79 Å². The molecule has 4 N–H and O–H groups in total. The summed E-state index contributed by atoms with van der Waals surface area (Å²) in [6.07, 6.45) is 7.50. The summed E-state index contributed by atoms with van der Waals surface area (Å²) in [4.78, 5) is 32.4. The van der Waals surface area contributed by atoms with E-state index < -0.39 is 0 Å². The molecule has 1 aliphatic rings. The predicted octanol–water partition coefficient (Wildman–Crippen LogP) is 1.25. The molecule has 0 spiro atoms. The lowest BCUT2D eigenvalue weighted by Gasteiger charge is -2.28. The van der Waals surface area contributed by atoms with Gasteiger partial charge in [0.25, 0.3) is 0 Å². The molecule has 0 radical (unpaired) electrons. The summed E-state index contributed by atoms with van der Waals surface area (Å²) in [5.74, 6) is 0.283. The van der Waals surface area contributed by atoms with E-state index in [9.17, 15) is 4.79 Å². The van der Waals surface area contributed by atoms with Crippen LogP contribution in [0, 0.1) is 0 Å². The maximum Gasteiger partial charge on any atom is 0.234 e. The number of aromatic amines is 1. The molecule has 1 saturated heterocycles. The Kier molecular flexibility index (Phi) is 5.30. The number of carbonyl (C=O) groups is 1. The first-order valence-electron chi connectivity index (χ1n) is 9.76. The van der Waals surface area contributed by atoms with E-state index in [-0.39, 0.29) is 17.9 Å². The zero-order chi connectivity index (χ0) is 20.4. The second-order valence-electron chi connectivity index (χ2n) is 7.59. The molecule has 29 heavy (non-hydrogen) atoms. The number of fused-ring (bicyclic) bond motifs is 1. The van der Waals surface area contributed by atoms with E-state index in [0.29, 0.717) is 13.1 Å². The zero-order valence-corrected chi connectivity index (χ0v) is 16.7. The SMILES string of the molecule is CN(C)CC(=O)NCC1CCCN1c1ccnc2[nH]cc(-c3ccnc(N)n3)c12. The van der Waals surface area contributed by atoms with Gasteiger partial charge in [0, 0.05) is 43.3 Å². The predicted molar refractivity (Wildman–Crippen MR) is 113 cm³/mol. The van der Waals surface area contributed by atoms with Gasteiger partial charge in [-0.15, -0.1) is 0 Å². The summed E-state index contributed by atoms with van der Waals surface area (Å²) in [5, 5.41) is 4.08. The fourth-order valence-electron chi connectivity index (χ4n) is 3.94. The van der Waals surface area contributed by atoms with Gasteiger partial charge in [-0.2, -0.15) is 0 Å². The molecule has 9 heteroatoms. The van der Waals surface area contributed by atoms with Gasteiger partial charge in [0.15, 0.2) is 0 Å². The molecule has 1 amide bonds. The van der Waals surface area contributed by atoms with Crippen molar-refractivity contribution in [1.82, 2.24) is 30.2 Å². The van der Waals surface area contributed by atoms with Crippen LogP contribution in [0.2, 0.25) is 0 Å². The van der Waals surface area contributed by atoms with Crippen LogP contribution in [0.25, 0.3) is 22.3 Å². The molecule has 0 bridgehead atoms. The number of hydrogen-bond acceptors (Lipinski definition) is 7. The number of hydrogen-bond donors (Lipinski definition) is 3. The Bertz CT molecular complexity index is 1010. The van der Waals surface area contributed by atoms with E-state index in [4.69, 9.17) is 5.73 Å². The number of rotatable bonds is 6. The Morgan fingerprint density at radius 1 is 1.34 bits per heavy atom. The number of likely N-dealkylation sites (N-methyl/N-ethyl adjacent to an activating group) is 1. The molecule has 1 fully saturated rings. The first-order chi connectivity index (χ1) is 14.0. The van der Waals surface area contributed by atoms with Gasteiger partial charge in [-0.3, -0.25) is 4.79 Å². The van der Waals surface area contributed by atoms with Crippen LogP contribution in [-0.2, 0) is 4.79 Å². The second kappa shape index (κ2) is 8.04. The summed E-state index contributed by atoms with van der Waals surface area (Å²) in [6.45, 7) is 1.95. The van der Waals surface area contributed by atoms with Crippen LogP contribution in [0.1, 0.15) is 12.8 Å². The third-order valence-corrected chi connectivity index (χ3v) is 5.18. The molecular weight excluding hydrogens is 368 g/mol. The summed E-state index contributed by atoms with van der Waals surface area (Å²) in [5.41, 5.74) is 9.39. The summed E-state index contributed by atoms with van der Waals surface area (Å²) >= 11 is 0. The molecule has 3 aromatic heterocycles. The first-order valence-corrected chi connectivity index (χ1v) is 9.76.